The molecule has 0 aliphatic carbocycles. The number of aromatic nitrogens is 4. The minimum atomic E-state index is -0.406. The van der Waals surface area contributed by atoms with Crippen molar-refractivity contribution in [2.75, 3.05) is 0 Å². The molecule has 0 saturated carbocycles. The van der Waals surface area contributed by atoms with Crippen LogP contribution in [0.1, 0.15) is 20.3 Å². The van der Waals surface area contributed by atoms with Gasteiger partial charge in [0, 0.05) is 6.54 Å². The van der Waals surface area contributed by atoms with Crippen LogP contribution < -0.4 is 11.2 Å². The third kappa shape index (κ3) is 2.42. The lowest BCUT2D eigenvalue weighted by atomic mass is 10.1. The first-order valence-electron chi connectivity index (χ1n) is 7.52. The third-order valence-corrected chi connectivity index (χ3v) is 3.83. The molecule has 118 valence electrons. The molecule has 0 amide bonds. The highest BCUT2D eigenvalue weighted by Crippen LogP contribution is 2.12. The Labute approximate surface area is 132 Å². The lowest BCUT2D eigenvalue weighted by Crippen LogP contribution is -2.26. The number of hydrogen-bond donors (Lipinski definition) is 0. The molecule has 23 heavy (non-hydrogen) atoms. The van der Waals surface area contributed by atoms with E-state index in [9.17, 15) is 9.59 Å². The van der Waals surface area contributed by atoms with Gasteiger partial charge in [-0.2, -0.15) is 9.94 Å². The van der Waals surface area contributed by atoms with Gasteiger partial charge in [-0.25, -0.2) is 9.20 Å². The highest BCUT2D eigenvalue weighted by atomic mass is 16.2. The second-order valence-electron chi connectivity index (χ2n) is 5.89. The number of nitrogens with zero attached hydrogens (tertiary/aromatic N) is 5. The van der Waals surface area contributed by atoms with Gasteiger partial charge in [-0.05, 0) is 24.5 Å². The summed E-state index contributed by atoms with van der Waals surface area (Å²) < 4.78 is 4.03. The summed E-state index contributed by atoms with van der Waals surface area (Å²) in [5, 5.41) is 13.5. The quantitative estimate of drug-likeness (QED) is 0.728. The van der Waals surface area contributed by atoms with Gasteiger partial charge >= 0.3 is 5.69 Å². The summed E-state index contributed by atoms with van der Waals surface area (Å²) in [7, 11) is 0. The lowest BCUT2D eigenvalue weighted by Gasteiger charge is -2.10. The fourth-order valence-electron chi connectivity index (χ4n) is 2.63. The number of benzene rings is 1. The second kappa shape index (κ2) is 5.72. The standard InChI is InChI=1S/C16H17N5O2/c1-11(2)7-9-19-14(22)12-5-3-4-6-13(12)21-15(19)18-20(10-8-17)16(21)23/h3-6,11H,7,9-10H2,1-2H3. The summed E-state index contributed by atoms with van der Waals surface area (Å²) in [6.45, 7) is 4.48. The van der Waals surface area contributed by atoms with Crippen LogP contribution in [0.5, 0.6) is 0 Å². The van der Waals surface area contributed by atoms with Crippen LogP contribution in [0.3, 0.4) is 0 Å². The molecule has 0 bridgehead atoms. The highest BCUT2D eigenvalue weighted by Gasteiger charge is 2.17. The molecule has 7 nitrogen and oxygen atoms in total. The number of aryl methyl sites for hydroxylation is 1. The van der Waals surface area contributed by atoms with Crippen molar-refractivity contribution in [1.29, 1.82) is 5.26 Å². The number of fused-ring (bicyclic) bond motifs is 3. The van der Waals surface area contributed by atoms with Crippen molar-refractivity contribution < 1.29 is 0 Å². The smallest absolute Gasteiger partial charge is 0.276 e. The van der Waals surface area contributed by atoms with Crippen molar-refractivity contribution in [3.8, 4) is 6.07 Å². The van der Waals surface area contributed by atoms with E-state index in [1.165, 1.54) is 8.97 Å². The minimum absolute atomic E-state index is 0.146. The zero-order valence-electron chi connectivity index (χ0n) is 13.1. The molecule has 2 heterocycles. The number of nitriles is 1. The second-order valence-corrected chi connectivity index (χ2v) is 5.89. The first-order chi connectivity index (χ1) is 11.0. The minimum Gasteiger partial charge on any atom is -0.276 e. The molecule has 0 unspecified atom stereocenters. The summed E-state index contributed by atoms with van der Waals surface area (Å²) in [6.07, 6.45) is 0.799. The molecule has 7 heteroatoms. The Morgan fingerprint density at radius 1 is 1.26 bits per heavy atom. The van der Waals surface area contributed by atoms with Crippen molar-refractivity contribution in [3.63, 3.8) is 0 Å². The van der Waals surface area contributed by atoms with Crippen LogP contribution >= 0.6 is 0 Å². The Morgan fingerprint density at radius 2 is 2.00 bits per heavy atom. The SMILES string of the molecule is CC(C)CCn1c(=O)c2ccccc2n2c(=O)n(CC#N)nc12. The largest absolute Gasteiger partial charge is 0.353 e. The van der Waals surface area contributed by atoms with Gasteiger partial charge in [0.25, 0.3) is 5.56 Å². The zero-order valence-corrected chi connectivity index (χ0v) is 13.1. The monoisotopic (exact) mass is 311 g/mol. The molecule has 0 aliphatic rings. The average molecular weight is 311 g/mol. The van der Waals surface area contributed by atoms with E-state index in [1.807, 2.05) is 6.07 Å². The van der Waals surface area contributed by atoms with E-state index in [1.54, 1.807) is 24.3 Å². The average Bonchev–Trinajstić information content (AvgIpc) is 2.84. The molecule has 0 radical (unpaired) electrons. The lowest BCUT2D eigenvalue weighted by molar-refractivity contribution is 0.512. The van der Waals surface area contributed by atoms with Crippen LogP contribution in [0.2, 0.25) is 0 Å². The van der Waals surface area contributed by atoms with Gasteiger partial charge in [-0.3, -0.25) is 9.36 Å². The van der Waals surface area contributed by atoms with Crippen LogP contribution in [0.25, 0.3) is 16.7 Å². The molecular weight excluding hydrogens is 294 g/mol. The molecule has 0 spiro atoms. The van der Waals surface area contributed by atoms with E-state index < -0.39 is 5.69 Å². The van der Waals surface area contributed by atoms with Gasteiger partial charge < -0.3 is 0 Å². The van der Waals surface area contributed by atoms with Gasteiger partial charge in [0.2, 0.25) is 5.78 Å². The van der Waals surface area contributed by atoms with Gasteiger partial charge in [-0.1, -0.05) is 26.0 Å². The predicted molar refractivity (Wildman–Crippen MR) is 86.3 cm³/mol. The van der Waals surface area contributed by atoms with Crippen LogP contribution in [-0.2, 0) is 13.1 Å². The fraction of sp³-hybridized carbons (Fsp3) is 0.375. The van der Waals surface area contributed by atoms with Crippen LogP contribution in [-0.4, -0.2) is 18.7 Å². The molecule has 3 aromatic rings. The molecule has 0 N–H and O–H groups in total. The Morgan fingerprint density at radius 3 is 2.70 bits per heavy atom. The third-order valence-electron chi connectivity index (χ3n) is 3.83. The van der Waals surface area contributed by atoms with Crippen molar-refractivity contribution in [2.24, 2.45) is 5.92 Å². The van der Waals surface area contributed by atoms with Gasteiger partial charge in [0.1, 0.15) is 6.54 Å². The van der Waals surface area contributed by atoms with Crippen LogP contribution in [0, 0.1) is 17.2 Å². The first kappa shape index (κ1) is 15.0. The fourth-order valence-corrected chi connectivity index (χ4v) is 2.63. The summed E-state index contributed by atoms with van der Waals surface area (Å²) in [5.74, 6) is 0.705. The van der Waals surface area contributed by atoms with Gasteiger partial charge in [-0.15, -0.1) is 5.10 Å². The van der Waals surface area contributed by atoms with Crippen molar-refractivity contribution >= 4 is 16.7 Å². The molecule has 0 fully saturated rings. The van der Waals surface area contributed by atoms with E-state index in [-0.39, 0.29) is 17.9 Å². The summed E-state index contributed by atoms with van der Waals surface area (Å²) >= 11 is 0. The Kier molecular flexibility index (Phi) is 3.74. The normalized spacial score (nSPS) is 11.4. The van der Waals surface area contributed by atoms with E-state index in [2.05, 4.69) is 18.9 Å². The summed E-state index contributed by atoms with van der Waals surface area (Å²) in [6, 6.07) is 8.88. The van der Waals surface area contributed by atoms with Crippen LogP contribution in [0.15, 0.2) is 33.9 Å². The van der Waals surface area contributed by atoms with Crippen LogP contribution in [0.4, 0.5) is 0 Å². The van der Waals surface area contributed by atoms with E-state index in [4.69, 9.17) is 5.26 Å². The van der Waals surface area contributed by atoms with Crippen molar-refractivity contribution in [1.82, 2.24) is 18.7 Å². The van der Waals surface area contributed by atoms with Gasteiger partial charge in [0.05, 0.1) is 17.0 Å². The molecule has 0 aliphatic heterocycles. The number of rotatable bonds is 4. The summed E-state index contributed by atoms with van der Waals surface area (Å²) in [4.78, 5) is 25.3. The van der Waals surface area contributed by atoms with Crippen molar-refractivity contribution in [2.45, 2.75) is 33.4 Å². The van der Waals surface area contributed by atoms with E-state index >= 15 is 0 Å². The molecule has 0 saturated heterocycles. The maximum atomic E-state index is 12.8. The zero-order chi connectivity index (χ0) is 16.6. The topological polar surface area (TPSA) is 85.1 Å². The molecular formula is C16H17N5O2. The van der Waals surface area contributed by atoms with Crippen molar-refractivity contribution in [3.05, 3.63) is 45.1 Å². The Balaban J connectivity index is 2.42. The highest BCUT2D eigenvalue weighted by molar-refractivity contribution is 5.79. The van der Waals surface area contributed by atoms with Gasteiger partial charge in [0.15, 0.2) is 0 Å². The predicted octanol–water partition coefficient (Wildman–Crippen LogP) is 1.38. The Bertz CT molecular complexity index is 1030. The van der Waals surface area contributed by atoms with E-state index in [0.29, 0.717) is 23.4 Å². The van der Waals surface area contributed by atoms with E-state index in [0.717, 1.165) is 11.1 Å². The molecule has 3 rings (SSSR count). The first-order valence-corrected chi connectivity index (χ1v) is 7.52. The molecule has 0 atom stereocenters. The Hall–Kier alpha value is -2.88. The molecule has 1 aromatic carbocycles. The number of hydrogen-bond acceptors (Lipinski definition) is 4. The maximum Gasteiger partial charge on any atom is 0.353 e. The molecule has 2 aromatic heterocycles. The number of para-hydroxylation sites is 1. The summed E-state index contributed by atoms with van der Waals surface area (Å²) in [5.41, 5.74) is -0.0543. The maximum absolute atomic E-state index is 12.8.